The Balaban J connectivity index is 2.44. The second kappa shape index (κ2) is 12.6. The van der Waals surface area contributed by atoms with E-state index in [2.05, 4.69) is 5.32 Å². The zero-order valence-corrected chi connectivity index (χ0v) is 21.8. The normalized spacial score (nSPS) is 12.3. The molecule has 1 N–H and O–H groups in total. The molecule has 0 bridgehead atoms. The van der Waals surface area contributed by atoms with Gasteiger partial charge in [0.25, 0.3) is 0 Å². The number of nitrogens with one attached hydrogen (secondary N) is 1. The number of hydrogen-bond acceptors (Lipinski definition) is 4. The van der Waals surface area contributed by atoms with E-state index < -0.39 is 34.5 Å². The number of hydrogen-bond donors (Lipinski definition) is 1. The van der Waals surface area contributed by atoms with Gasteiger partial charge >= 0.3 is 10.2 Å². The Morgan fingerprint density at radius 3 is 2.29 bits per heavy atom. The Labute approximate surface area is 207 Å². The molecule has 0 saturated carbocycles. The van der Waals surface area contributed by atoms with E-state index in [0.29, 0.717) is 6.54 Å². The summed E-state index contributed by atoms with van der Waals surface area (Å²) in [5, 5.41) is 2.83. The molecule has 0 aliphatic heterocycles. The Bertz CT molecular complexity index is 1120. The van der Waals surface area contributed by atoms with Crippen LogP contribution in [0.2, 0.25) is 0 Å². The van der Waals surface area contributed by atoms with Gasteiger partial charge < -0.3 is 10.2 Å². The molecule has 0 aliphatic carbocycles. The average Bonchev–Trinajstić information content (AvgIpc) is 2.82. The lowest BCUT2D eigenvalue weighted by Crippen LogP contribution is -2.52. The van der Waals surface area contributed by atoms with Crippen molar-refractivity contribution >= 4 is 27.7 Å². The monoisotopic (exact) mass is 506 g/mol. The number of unbranched alkanes of at least 4 members (excludes halogenated alkanes) is 1. The number of benzene rings is 2. The van der Waals surface area contributed by atoms with E-state index in [-0.39, 0.29) is 18.1 Å². The fourth-order valence-electron chi connectivity index (χ4n) is 3.45. The summed E-state index contributed by atoms with van der Waals surface area (Å²) in [6.45, 7) is 5.41. The molecule has 2 aromatic carbocycles. The van der Waals surface area contributed by atoms with Crippen LogP contribution >= 0.6 is 0 Å². The first-order valence-corrected chi connectivity index (χ1v) is 13.0. The highest BCUT2D eigenvalue weighted by atomic mass is 32.2. The first-order valence-electron chi connectivity index (χ1n) is 11.6. The molecule has 192 valence electrons. The Kier molecular flexibility index (Phi) is 10.2. The summed E-state index contributed by atoms with van der Waals surface area (Å²) in [4.78, 5) is 27.8. The Morgan fingerprint density at radius 1 is 1.06 bits per heavy atom. The molecule has 0 spiro atoms. The van der Waals surface area contributed by atoms with Gasteiger partial charge in [-0.3, -0.25) is 9.59 Å². The summed E-state index contributed by atoms with van der Waals surface area (Å²) in [6, 6.07) is 11.9. The van der Waals surface area contributed by atoms with Crippen LogP contribution < -0.4 is 9.62 Å². The molecule has 2 aromatic rings. The average molecular weight is 507 g/mol. The SMILES string of the molecule is CCCCNC(=O)[C@@H](C)N(Cc1ccccc1C)C(=O)CN(c1ccccc1F)S(=O)(=O)N(C)C. The molecule has 10 heteroatoms. The van der Waals surface area contributed by atoms with Crippen LogP contribution in [0.3, 0.4) is 0 Å². The van der Waals surface area contributed by atoms with E-state index >= 15 is 0 Å². The van der Waals surface area contributed by atoms with Crippen LogP contribution in [0, 0.1) is 12.7 Å². The fraction of sp³-hybridized carbons (Fsp3) is 0.440. The molecule has 0 aliphatic rings. The van der Waals surface area contributed by atoms with Crippen LogP contribution in [-0.2, 0) is 26.3 Å². The van der Waals surface area contributed by atoms with Gasteiger partial charge in [-0.25, -0.2) is 8.70 Å². The fourth-order valence-corrected chi connectivity index (χ4v) is 4.51. The van der Waals surface area contributed by atoms with Crippen LogP contribution in [0.15, 0.2) is 48.5 Å². The number of halogens is 1. The lowest BCUT2D eigenvalue weighted by Gasteiger charge is -2.33. The molecule has 1 atom stereocenters. The molecule has 0 fully saturated rings. The van der Waals surface area contributed by atoms with Crippen molar-refractivity contribution in [3.63, 3.8) is 0 Å². The van der Waals surface area contributed by atoms with E-state index in [4.69, 9.17) is 0 Å². The summed E-state index contributed by atoms with van der Waals surface area (Å²) < 4.78 is 42.4. The molecule has 8 nitrogen and oxygen atoms in total. The third kappa shape index (κ3) is 7.25. The van der Waals surface area contributed by atoms with E-state index in [1.54, 1.807) is 6.92 Å². The quantitative estimate of drug-likeness (QED) is 0.448. The summed E-state index contributed by atoms with van der Waals surface area (Å²) in [5.74, 6) is -1.74. The molecule has 2 amide bonds. The molecular weight excluding hydrogens is 471 g/mol. The second-order valence-corrected chi connectivity index (χ2v) is 10.6. The zero-order valence-electron chi connectivity index (χ0n) is 21.0. The number of anilines is 1. The standard InChI is InChI=1S/C25H35FN4O4S/c1-6-7-16-27-25(32)20(3)29(17-21-13-9-8-12-19(21)2)24(31)18-30(35(33,34)28(4)5)23-15-11-10-14-22(23)26/h8-15,20H,6-7,16-18H2,1-5H3,(H,27,32)/t20-/m1/s1. The van der Waals surface area contributed by atoms with Gasteiger partial charge in [-0.15, -0.1) is 0 Å². The molecule has 0 saturated heterocycles. The first-order chi connectivity index (χ1) is 16.5. The lowest BCUT2D eigenvalue weighted by atomic mass is 10.1. The van der Waals surface area contributed by atoms with Gasteiger partial charge in [0.15, 0.2) is 0 Å². The number of carbonyl (C=O) groups is 2. The summed E-state index contributed by atoms with van der Waals surface area (Å²) >= 11 is 0. The zero-order chi connectivity index (χ0) is 26.2. The van der Waals surface area contributed by atoms with Crippen molar-refractivity contribution in [1.82, 2.24) is 14.5 Å². The topological polar surface area (TPSA) is 90.0 Å². The third-order valence-electron chi connectivity index (χ3n) is 5.74. The highest BCUT2D eigenvalue weighted by Gasteiger charge is 2.33. The molecule has 0 heterocycles. The number of aryl methyl sites for hydroxylation is 1. The Hall–Kier alpha value is -2.98. The van der Waals surface area contributed by atoms with Crippen LogP contribution in [0.4, 0.5) is 10.1 Å². The van der Waals surface area contributed by atoms with Crippen molar-refractivity contribution < 1.29 is 22.4 Å². The van der Waals surface area contributed by atoms with Gasteiger partial charge in [-0.1, -0.05) is 49.7 Å². The largest absolute Gasteiger partial charge is 0.354 e. The van der Waals surface area contributed by atoms with E-state index in [0.717, 1.165) is 38.6 Å². The van der Waals surface area contributed by atoms with Crippen LogP contribution in [0.25, 0.3) is 0 Å². The summed E-state index contributed by atoms with van der Waals surface area (Å²) in [7, 11) is -1.59. The number of carbonyl (C=O) groups excluding carboxylic acids is 2. The molecular formula is C25H35FN4O4S. The van der Waals surface area contributed by atoms with E-state index in [1.165, 1.54) is 37.2 Å². The van der Waals surface area contributed by atoms with Crippen molar-refractivity contribution in [1.29, 1.82) is 0 Å². The van der Waals surface area contributed by atoms with Crippen molar-refractivity contribution in [2.75, 3.05) is 31.5 Å². The van der Waals surface area contributed by atoms with Crippen molar-refractivity contribution in [3.05, 3.63) is 65.5 Å². The summed E-state index contributed by atoms with van der Waals surface area (Å²) in [5.41, 5.74) is 1.50. The van der Waals surface area contributed by atoms with Gasteiger partial charge in [0.1, 0.15) is 18.4 Å². The maximum absolute atomic E-state index is 14.6. The van der Waals surface area contributed by atoms with Gasteiger partial charge in [0.2, 0.25) is 11.8 Å². The van der Waals surface area contributed by atoms with Crippen LogP contribution in [0.1, 0.15) is 37.8 Å². The lowest BCUT2D eigenvalue weighted by molar-refractivity contribution is -0.139. The van der Waals surface area contributed by atoms with Gasteiger partial charge in [-0.05, 0) is 43.5 Å². The predicted octanol–water partition coefficient (Wildman–Crippen LogP) is 3.08. The maximum atomic E-state index is 14.6. The number of nitrogens with zero attached hydrogens (tertiary/aromatic N) is 3. The van der Waals surface area contributed by atoms with Crippen LogP contribution in [-0.4, -0.2) is 62.7 Å². The molecule has 0 radical (unpaired) electrons. The van der Waals surface area contributed by atoms with E-state index in [9.17, 15) is 22.4 Å². The number of amides is 2. The second-order valence-electron chi connectivity index (χ2n) is 8.52. The molecule has 2 rings (SSSR count). The number of rotatable bonds is 12. The molecule has 0 unspecified atom stereocenters. The third-order valence-corrected chi connectivity index (χ3v) is 7.54. The minimum Gasteiger partial charge on any atom is -0.354 e. The smallest absolute Gasteiger partial charge is 0.304 e. The highest BCUT2D eigenvalue weighted by molar-refractivity contribution is 7.90. The first kappa shape index (κ1) is 28.3. The van der Waals surface area contributed by atoms with Gasteiger partial charge in [0, 0.05) is 27.2 Å². The highest BCUT2D eigenvalue weighted by Crippen LogP contribution is 2.24. The van der Waals surface area contributed by atoms with Crippen molar-refractivity contribution in [3.8, 4) is 0 Å². The van der Waals surface area contributed by atoms with E-state index in [1.807, 2.05) is 38.1 Å². The van der Waals surface area contributed by atoms with Crippen LogP contribution in [0.5, 0.6) is 0 Å². The van der Waals surface area contributed by atoms with Gasteiger partial charge in [-0.2, -0.15) is 12.7 Å². The summed E-state index contributed by atoms with van der Waals surface area (Å²) in [6.07, 6.45) is 1.70. The van der Waals surface area contributed by atoms with Crippen molar-refractivity contribution in [2.24, 2.45) is 0 Å². The Morgan fingerprint density at radius 2 is 1.69 bits per heavy atom. The van der Waals surface area contributed by atoms with Crippen molar-refractivity contribution in [2.45, 2.75) is 46.2 Å². The van der Waals surface area contributed by atoms with Gasteiger partial charge in [0.05, 0.1) is 5.69 Å². The molecule has 35 heavy (non-hydrogen) atoms. The maximum Gasteiger partial charge on any atom is 0.304 e. The minimum atomic E-state index is -4.21. The minimum absolute atomic E-state index is 0.0982. The predicted molar refractivity (Wildman–Crippen MR) is 135 cm³/mol. The molecule has 0 aromatic heterocycles. The number of para-hydroxylation sites is 1.